The van der Waals surface area contributed by atoms with Gasteiger partial charge in [-0.05, 0) is 48.5 Å². The summed E-state index contributed by atoms with van der Waals surface area (Å²) in [4.78, 5) is 1.17. The van der Waals surface area contributed by atoms with E-state index in [0.717, 1.165) is 31.4 Å². The molecule has 3 rings (SSSR count). The van der Waals surface area contributed by atoms with Gasteiger partial charge in [-0.2, -0.15) is 0 Å². The fourth-order valence-corrected chi connectivity index (χ4v) is 4.62. The summed E-state index contributed by atoms with van der Waals surface area (Å²) in [5.41, 5.74) is 2.36. The Morgan fingerprint density at radius 2 is 1.93 bits per heavy atom. The molecule has 1 saturated heterocycles. The van der Waals surface area contributed by atoms with Gasteiger partial charge in [-0.25, -0.2) is 12.1 Å². The molecule has 6 heteroatoms. The Kier molecular flexibility index (Phi) is 9.24. The monoisotopic (exact) mass is 424 g/mol. The van der Waals surface area contributed by atoms with Crippen LogP contribution in [-0.2, 0) is 20.5 Å². The molecular weight excluding hydrogens is 391 g/mol. The molecule has 1 aliphatic heterocycles. The summed E-state index contributed by atoms with van der Waals surface area (Å²) in [5, 5.41) is 2.20. The SMILES string of the molecule is CC(C)(C)[Si](C)(C)OCc1ccc(C(OC2CCCCO2)c2c[c-]cs2)cc1.[Li+]. The van der Waals surface area contributed by atoms with Crippen molar-refractivity contribution in [1.82, 2.24) is 0 Å². The van der Waals surface area contributed by atoms with E-state index in [2.05, 4.69) is 64.2 Å². The summed E-state index contributed by atoms with van der Waals surface area (Å²) in [6.45, 7) is 12.9. The molecule has 2 aromatic rings. The van der Waals surface area contributed by atoms with E-state index in [0.29, 0.717) is 6.61 Å². The first kappa shape index (κ1) is 24.9. The maximum Gasteiger partial charge on any atom is 1.00 e. The molecule has 1 fully saturated rings. The fourth-order valence-electron chi connectivity index (χ4n) is 2.94. The van der Waals surface area contributed by atoms with Crippen LogP contribution in [0.25, 0.3) is 0 Å². The quantitative estimate of drug-likeness (QED) is 0.501. The van der Waals surface area contributed by atoms with Gasteiger partial charge in [-0.1, -0.05) is 45.0 Å². The number of rotatable bonds is 7. The molecule has 0 N–H and O–H groups in total. The second-order valence-corrected chi connectivity index (χ2v) is 14.8. The van der Waals surface area contributed by atoms with Gasteiger partial charge in [0.15, 0.2) is 14.6 Å². The molecule has 0 radical (unpaired) electrons. The summed E-state index contributed by atoms with van der Waals surface area (Å²) >= 11 is 1.68. The van der Waals surface area contributed by atoms with Gasteiger partial charge in [0, 0.05) is 6.61 Å². The summed E-state index contributed by atoms with van der Waals surface area (Å²) in [6, 6.07) is 13.8. The average molecular weight is 425 g/mol. The van der Waals surface area contributed by atoms with Crippen molar-refractivity contribution >= 4 is 19.7 Å². The van der Waals surface area contributed by atoms with Gasteiger partial charge in [0.2, 0.25) is 0 Å². The minimum absolute atomic E-state index is 0. The van der Waals surface area contributed by atoms with Crippen molar-refractivity contribution in [1.29, 1.82) is 0 Å². The second-order valence-electron chi connectivity index (χ2n) is 9.05. The summed E-state index contributed by atoms with van der Waals surface area (Å²) in [6.07, 6.45) is 3.03. The molecule has 2 atom stereocenters. The van der Waals surface area contributed by atoms with Crippen molar-refractivity contribution in [2.24, 2.45) is 0 Å². The number of hydrogen-bond acceptors (Lipinski definition) is 4. The van der Waals surface area contributed by atoms with E-state index in [9.17, 15) is 0 Å². The predicted molar refractivity (Wildman–Crippen MR) is 118 cm³/mol. The van der Waals surface area contributed by atoms with Gasteiger partial charge >= 0.3 is 18.9 Å². The Morgan fingerprint density at radius 3 is 2.48 bits per heavy atom. The molecule has 1 aromatic heterocycles. The third-order valence-corrected chi connectivity index (χ3v) is 11.2. The van der Waals surface area contributed by atoms with Crippen LogP contribution in [0.5, 0.6) is 0 Å². The van der Waals surface area contributed by atoms with Crippen molar-refractivity contribution in [3.8, 4) is 0 Å². The minimum Gasteiger partial charge on any atom is -0.413 e. The standard InChI is InChI=1S/C23H33O3SSi.Li/c1-23(2,3)28(4,5)25-17-18-11-13-19(14-12-18)22(20-9-8-16-27-20)26-21-10-6-7-15-24-21;/h9,11-14,16,21-22H,6-7,10,15,17H2,1-5H3;/q-1;+1. The van der Waals surface area contributed by atoms with Crippen LogP contribution in [0.3, 0.4) is 0 Å². The molecule has 154 valence electrons. The fraction of sp³-hybridized carbons (Fsp3) is 0.565. The van der Waals surface area contributed by atoms with Crippen molar-refractivity contribution in [3.05, 3.63) is 57.8 Å². The third-order valence-electron chi connectivity index (χ3n) is 5.86. The Bertz CT molecular complexity index is 720. The van der Waals surface area contributed by atoms with E-state index >= 15 is 0 Å². The normalized spacial score (nSPS) is 18.9. The zero-order valence-electron chi connectivity index (χ0n) is 18.8. The first-order valence-electron chi connectivity index (χ1n) is 10.2. The van der Waals surface area contributed by atoms with Crippen LogP contribution in [0.1, 0.15) is 62.1 Å². The Labute approximate surface area is 193 Å². The van der Waals surface area contributed by atoms with Crippen LogP contribution in [0.4, 0.5) is 0 Å². The van der Waals surface area contributed by atoms with Gasteiger partial charge in [0.05, 0.1) is 12.7 Å². The van der Waals surface area contributed by atoms with E-state index < -0.39 is 8.32 Å². The average Bonchev–Trinajstić information content (AvgIpc) is 3.19. The molecule has 1 aromatic carbocycles. The molecular formula is C23H33LiO3SSi. The van der Waals surface area contributed by atoms with Gasteiger partial charge in [-0.3, -0.25) is 11.3 Å². The molecule has 2 unspecified atom stereocenters. The minimum atomic E-state index is -1.74. The van der Waals surface area contributed by atoms with Crippen molar-refractivity contribution in [2.75, 3.05) is 6.61 Å². The number of ether oxygens (including phenoxy) is 2. The number of hydrogen-bond donors (Lipinski definition) is 0. The maximum atomic E-state index is 6.36. The van der Waals surface area contributed by atoms with Crippen LogP contribution in [0, 0.1) is 6.07 Å². The topological polar surface area (TPSA) is 27.7 Å². The summed E-state index contributed by atoms with van der Waals surface area (Å²) < 4.78 is 18.5. The zero-order valence-corrected chi connectivity index (χ0v) is 20.6. The molecule has 3 nitrogen and oxygen atoms in total. The van der Waals surface area contributed by atoms with E-state index in [1.165, 1.54) is 10.4 Å². The summed E-state index contributed by atoms with van der Waals surface area (Å²) in [5.74, 6) is 0. The van der Waals surface area contributed by atoms with E-state index in [-0.39, 0.29) is 36.3 Å². The first-order chi connectivity index (χ1) is 13.3. The molecule has 1 aliphatic rings. The third kappa shape index (κ3) is 6.80. The molecule has 0 amide bonds. The molecule has 0 bridgehead atoms. The van der Waals surface area contributed by atoms with E-state index in [4.69, 9.17) is 13.9 Å². The predicted octanol–water partition coefficient (Wildman–Crippen LogP) is 3.71. The largest absolute Gasteiger partial charge is 1.00 e. The Balaban J connectivity index is 0.00000300. The Hall–Kier alpha value is -0.386. The van der Waals surface area contributed by atoms with Crippen molar-refractivity contribution in [2.45, 2.75) is 77.2 Å². The number of thiophene rings is 1. The van der Waals surface area contributed by atoms with Crippen LogP contribution in [0.2, 0.25) is 18.1 Å². The van der Waals surface area contributed by atoms with Crippen LogP contribution in [0.15, 0.2) is 35.7 Å². The summed E-state index contributed by atoms with van der Waals surface area (Å²) in [7, 11) is -1.74. The molecule has 2 heterocycles. The van der Waals surface area contributed by atoms with Gasteiger partial charge < -0.3 is 13.9 Å². The molecule has 0 spiro atoms. The van der Waals surface area contributed by atoms with Crippen LogP contribution < -0.4 is 18.9 Å². The molecule has 0 aliphatic carbocycles. The van der Waals surface area contributed by atoms with E-state index in [1.807, 2.05) is 11.4 Å². The molecule has 29 heavy (non-hydrogen) atoms. The Morgan fingerprint density at radius 1 is 1.21 bits per heavy atom. The van der Waals surface area contributed by atoms with Crippen LogP contribution in [-0.4, -0.2) is 21.2 Å². The smallest absolute Gasteiger partial charge is 0.413 e. The van der Waals surface area contributed by atoms with Crippen LogP contribution >= 0.6 is 11.3 Å². The maximum absolute atomic E-state index is 6.36. The van der Waals surface area contributed by atoms with Crippen molar-refractivity contribution in [3.63, 3.8) is 0 Å². The van der Waals surface area contributed by atoms with Gasteiger partial charge in [-0.15, -0.1) is 10.3 Å². The molecule has 0 saturated carbocycles. The van der Waals surface area contributed by atoms with Gasteiger partial charge in [0.1, 0.15) is 0 Å². The zero-order chi connectivity index (χ0) is 20.2. The first-order valence-corrected chi connectivity index (χ1v) is 14.0. The van der Waals surface area contributed by atoms with E-state index in [1.54, 1.807) is 11.3 Å². The van der Waals surface area contributed by atoms with Crippen molar-refractivity contribution < 1.29 is 32.8 Å². The second kappa shape index (κ2) is 10.8. The number of benzene rings is 1. The van der Waals surface area contributed by atoms with Gasteiger partial charge in [0.25, 0.3) is 0 Å².